The highest BCUT2D eigenvalue weighted by Crippen LogP contribution is 2.21. The first-order valence-corrected chi connectivity index (χ1v) is 7.82. The van der Waals surface area contributed by atoms with Crippen LogP contribution in [0.5, 0.6) is 0 Å². The van der Waals surface area contributed by atoms with E-state index in [0.29, 0.717) is 35.2 Å². The number of rotatable bonds is 6. The highest BCUT2D eigenvalue weighted by atomic mass is 19.1. The first-order chi connectivity index (χ1) is 12.6. The number of fused-ring (bicyclic) bond motifs is 1. The summed E-state index contributed by atoms with van der Waals surface area (Å²) >= 11 is 0. The van der Waals surface area contributed by atoms with Gasteiger partial charge in [-0.15, -0.1) is 0 Å². The molecule has 0 unspecified atom stereocenters. The van der Waals surface area contributed by atoms with Crippen molar-refractivity contribution in [3.05, 3.63) is 48.0 Å². The predicted octanol–water partition coefficient (Wildman–Crippen LogP) is 2.84. The van der Waals surface area contributed by atoms with Crippen LogP contribution in [-0.4, -0.2) is 32.3 Å². The van der Waals surface area contributed by atoms with E-state index in [0.717, 1.165) is 0 Å². The molecule has 0 saturated carbocycles. The van der Waals surface area contributed by atoms with Crippen molar-refractivity contribution in [2.24, 2.45) is 0 Å². The van der Waals surface area contributed by atoms with Crippen LogP contribution in [0.25, 0.3) is 11.0 Å². The van der Waals surface area contributed by atoms with Gasteiger partial charge < -0.3 is 20.3 Å². The molecular weight excluding hydrogens is 339 g/mol. The lowest BCUT2D eigenvalue weighted by Gasteiger charge is -2.07. The van der Waals surface area contributed by atoms with E-state index in [2.05, 4.69) is 26.7 Å². The molecular formula is C17H15FN6O2. The lowest BCUT2D eigenvalue weighted by molar-refractivity contribution is 0.194. The maximum atomic E-state index is 13.3. The van der Waals surface area contributed by atoms with E-state index < -0.39 is 6.09 Å². The molecule has 0 aliphatic rings. The summed E-state index contributed by atoms with van der Waals surface area (Å²) in [6.45, 7) is 0.769. The number of nitriles is 1. The molecule has 0 saturated heterocycles. The average Bonchev–Trinajstić information content (AvgIpc) is 2.96. The number of hydrogen-bond donors (Lipinski definition) is 3. The Bertz CT molecular complexity index is 995. The Morgan fingerprint density at radius 3 is 3.00 bits per heavy atom. The Hall–Kier alpha value is -3.67. The molecule has 0 bridgehead atoms. The van der Waals surface area contributed by atoms with E-state index in [-0.39, 0.29) is 18.3 Å². The van der Waals surface area contributed by atoms with Crippen LogP contribution in [0.4, 0.5) is 20.8 Å². The van der Waals surface area contributed by atoms with Crippen LogP contribution in [0.15, 0.2) is 36.7 Å². The minimum atomic E-state index is -1.08. The van der Waals surface area contributed by atoms with Crippen LogP contribution < -0.4 is 10.6 Å². The molecule has 0 atom stereocenters. The molecule has 1 amide bonds. The smallest absolute Gasteiger partial charge is 0.404 e. The minimum absolute atomic E-state index is 0.274. The van der Waals surface area contributed by atoms with Gasteiger partial charge in [-0.2, -0.15) is 10.2 Å². The molecule has 0 fully saturated rings. The highest BCUT2D eigenvalue weighted by Gasteiger charge is 2.12. The van der Waals surface area contributed by atoms with E-state index in [1.807, 2.05) is 0 Å². The Morgan fingerprint density at radius 1 is 1.42 bits per heavy atom. The summed E-state index contributed by atoms with van der Waals surface area (Å²) in [4.78, 5) is 19.1. The second kappa shape index (κ2) is 7.48. The van der Waals surface area contributed by atoms with E-state index in [4.69, 9.17) is 5.11 Å². The molecule has 3 rings (SSSR count). The van der Waals surface area contributed by atoms with Gasteiger partial charge in [0, 0.05) is 31.2 Å². The Kier molecular flexibility index (Phi) is 4.94. The number of benzene rings is 1. The number of aromatic nitrogens is 3. The summed E-state index contributed by atoms with van der Waals surface area (Å²) in [7, 11) is 0. The molecule has 2 heterocycles. The van der Waals surface area contributed by atoms with E-state index >= 15 is 0 Å². The zero-order valence-corrected chi connectivity index (χ0v) is 13.6. The van der Waals surface area contributed by atoms with Crippen molar-refractivity contribution in [1.82, 2.24) is 19.9 Å². The molecule has 0 aliphatic carbocycles. The van der Waals surface area contributed by atoms with Gasteiger partial charge >= 0.3 is 6.09 Å². The van der Waals surface area contributed by atoms with E-state index in [9.17, 15) is 14.4 Å². The van der Waals surface area contributed by atoms with Gasteiger partial charge in [-0.05, 0) is 24.6 Å². The minimum Gasteiger partial charge on any atom is -0.465 e. The van der Waals surface area contributed by atoms with Crippen molar-refractivity contribution in [1.29, 1.82) is 5.26 Å². The van der Waals surface area contributed by atoms with Crippen LogP contribution in [0.3, 0.4) is 0 Å². The summed E-state index contributed by atoms with van der Waals surface area (Å²) in [6.07, 6.45) is 2.65. The quantitative estimate of drug-likeness (QED) is 0.586. The molecule has 9 heteroatoms. The number of amides is 1. The molecule has 1 aromatic carbocycles. The van der Waals surface area contributed by atoms with Crippen molar-refractivity contribution >= 4 is 28.8 Å². The fraction of sp³-hybridized carbons (Fsp3) is 0.176. The summed E-state index contributed by atoms with van der Waals surface area (Å²) in [5, 5.41) is 23.7. The maximum absolute atomic E-state index is 13.3. The summed E-state index contributed by atoms with van der Waals surface area (Å²) in [5.74, 6) is -0.104. The summed E-state index contributed by atoms with van der Waals surface area (Å²) in [6, 6.07) is 8.02. The van der Waals surface area contributed by atoms with Gasteiger partial charge in [-0.1, -0.05) is 6.07 Å². The van der Waals surface area contributed by atoms with Gasteiger partial charge in [0.05, 0.1) is 10.9 Å². The molecule has 2 aromatic heterocycles. The summed E-state index contributed by atoms with van der Waals surface area (Å²) < 4.78 is 15.1. The lowest BCUT2D eigenvalue weighted by Crippen LogP contribution is -2.22. The van der Waals surface area contributed by atoms with Crippen LogP contribution in [0.2, 0.25) is 0 Å². The van der Waals surface area contributed by atoms with Crippen molar-refractivity contribution in [3.63, 3.8) is 0 Å². The predicted molar refractivity (Wildman–Crippen MR) is 92.6 cm³/mol. The van der Waals surface area contributed by atoms with Gasteiger partial charge in [-0.25, -0.2) is 14.2 Å². The monoisotopic (exact) mass is 354 g/mol. The lowest BCUT2D eigenvalue weighted by atomic mass is 10.3. The number of carbonyl (C=O) groups is 1. The third kappa shape index (κ3) is 3.87. The van der Waals surface area contributed by atoms with Gasteiger partial charge in [-0.3, -0.25) is 0 Å². The third-order valence-electron chi connectivity index (χ3n) is 3.67. The molecule has 8 nitrogen and oxygen atoms in total. The van der Waals surface area contributed by atoms with E-state index in [1.165, 1.54) is 18.3 Å². The Morgan fingerprint density at radius 2 is 2.27 bits per heavy atom. The van der Waals surface area contributed by atoms with E-state index in [1.54, 1.807) is 22.9 Å². The van der Waals surface area contributed by atoms with Crippen molar-refractivity contribution in [2.75, 3.05) is 11.9 Å². The normalized spacial score (nSPS) is 10.5. The van der Waals surface area contributed by atoms with Gasteiger partial charge in [0.2, 0.25) is 5.95 Å². The molecule has 26 heavy (non-hydrogen) atoms. The van der Waals surface area contributed by atoms with Crippen molar-refractivity contribution in [2.45, 2.75) is 13.0 Å². The molecule has 3 aromatic rings. The van der Waals surface area contributed by atoms with Crippen LogP contribution in [0, 0.1) is 17.1 Å². The number of anilines is 2. The molecule has 0 aliphatic heterocycles. The first-order valence-electron chi connectivity index (χ1n) is 7.82. The average molecular weight is 354 g/mol. The van der Waals surface area contributed by atoms with Crippen LogP contribution in [-0.2, 0) is 6.54 Å². The van der Waals surface area contributed by atoms with Gasteiger partial charge in [0.15, 0.2) is 0 Å². The number of hydrogen-bond acceptors (Lipinski definition) is 5. The zero-order valence-electron chi connectivity index (χ0n) is 13.6. The van der Waals surface area contributed by atoms with Gasteiger partial charge in [0.25, 0.3) is 0 Å². The van der Waals surface area contributed by atoms with Crippen LogP contribution >= 0.6 is 0 Å². The molecule has 0 spiro atoms. The number of halogens is 1. The standard InChI is InChI=1S/C17H15FN6O2/c18-12-3-1-4-13(7-12)22-16-21-9-14-11(8-19)10-24(15(14)23-16)6-2-5-20-17(25)26/h1,3-4,7,9-10,20H,2,5-6H2,(H,25,26)(H,21,22,23). The summed E-state index contributed by atoms with van der Waals surface area (Å²) in [5.41, 5.74) is 1.49. The highest BCUT2D eigenvalue weighted by molar-refractivity contribution is 5.83. The maximum Gasteiger partial charge on any atom is 0.404 e. The second-order valence-electron chi connectivity index (χ2n) is 5.50. The Labute approximate surface area is 147 Å². The molecule has 0 radical (unpaired) electrons. The fourth-order valence-electron chi connectivity index (χ4n) is 2.53. The second-order valence-corrected chi connectivity index (χ2v) is 5.50. The van der Waals surface area contributed by atoms with Crippen LogP contribution in [0.1, 0.15) is 12.0 Å². The van der Waals surface area contributed by atoms with Gasteiger partial charge in [0.1, 0.15) is 17.5 Å². The van der Waals surface area contributed by atoms with Crippen molar-refractivity contribution in [3.8, 4) is 6.07 Å². The molecule has 132 valence electrons. The fourth-order valence-corrected chi connectivity index (χ4v) is 2.53. The number of nitrogens with one attached hydrogen (secondary N) is 2. The third-order valence-corrected chi connectivity index (χ3v) is 3.67. The number of nitrogens with zero attached hydrogens (tertiary/aromatic N) is 4. The number of carboxylic acid groups (broad SMARTS) is 1. The van der Waals surface area contributed by atoms with Crippen molar-refractivity contribution < 1.29 is 14.3 Å². The zero-order chi connectivity index (χ0) is 18.5. The SMILES string of the molecule is N#Cc1cn(CCCNC(=O)O)c2nc(Nc3cccc(F)c3)ncc12. The topological polar surface area (TPSA) is 116 Å². The number of aryl methyl sites for hydroxylation is 1. The molecule has 3 N–H and O–H groups in total. The first kappa shape index (κ1) is 17.2. The largest absolute Gasteiger partial charge is 0.465 e. The Balaban J connectivity index is 1.85.